The number of aliphatic hydroxyl groups is 1. The zero-order chi connectivity index (χ0) is 21.2. The third-order valence-electron chi connectivity index (χ3n) is 7.36. The molecule has 31 heavy (non-hydrogen) atoms. The summed E-state index contributed by atoms with van der Waals surface area (Å²) in [6.07, 6.45) is 12.1. The molecule has 2 atom stereocenters. The van der Waals surface area contributed by atoms with Crippen molar-refractivity contribution in [3.05, 3.63) is 23.1 Å². The zero-order valence-electron chi connectivity index (χ0n) is 18.6. The first kappa shape index (κ1) is 20.9. The average Bonchev–Trinajstić information content (AvgIpc) is 3.25. The molecular formula is C24H35N5O2. The van der Waals surface area contributed by atoms with Gasteiger partial charge in [-0.2, -0.15) is 4.98 Å². The zero-order valence-corrected chi connectivity index (χ0v) is 18.6. The lowest BCUT2D eigenvalue weighted by molar-refractivity contribution is 0.160. The number of anilines is 1. The predicted octanol–water partition coefficient (Wildman–Crippen LogP) is 3.43. The first-order chi connectivity index (χ1) is 15.2. The number of aryl methyl sites for hydroxylation is 3. The summed E-state index contributed by atoms with van der Waals surface area (Å²) in [6.45, 7) is 3.77. The van der Waals surface area contributed by atoms with Gasteiger partial charge in [0.1, 0.15) is 5.82 Å². The minimum atomic E-state index is 0.195. The Bertz CT molecular complexity index is 892. The number of hydrogen-bond donors (Lipinski definition) is 2. The molecule has 7 heteroatoms. The maximum absolute atomic E-state index is 10.2. The fraction of sp³-hybridized carbons (Fsp3) is 0.708. The Hall–Kier alpha value is -1.99. The molecule has 3 aliphatic rings. The van der Waals surface area contributed by atoms with Gasteiger partial charge in [-0.15, -0.1) is 0 Å². The van der Waals surface area contributed by atoms with Crippen LogP contribution in [0.3, 0.4) is 0 Å². The summed E-state index contributed by atoms with van der Waals surface area (Å²) in [5.74, 6) is 2.34. The van der Waals surface area contributed by atoms with Gasteiger partial charge in [-0.05, 0) is 63.5 Å². The van der Waals surface area contributed by atoms with Gasteiger partial charge in [0.05, 0.1) is 5.56 Å². The molecule has 0 aromatic carbocycles. The molecule has 1 saturated carbocycles. The Balaban J connectivity index is 1.40. The molecule has 7 nitrogen and oxygen atoms in total. The maximum Gasteiger partial charge on any atom is 0.261 e. The highest BCUT2D eigenvalue weighted by atomic mass is 16.5. The van der Waals surface area contributed by atoms with Crippen molar-refractivity contribution in [2.75, 3.05) is 24.6 Å². The molecule has 0 bridgehead atoms. The van der Waals surface area contributed by atoms with Gasteiger partial charge in [-0.25, -0.2) is 4.98 Å². The molecule has 0 spiro atoms. The molecule has 2 aromatic heterocycles. The number of pyridine rings is 1. The maximum atomic E-state index is 10.2. The molecular weight excluding hydrogens is 390 g/mol. The summed E-state index contributed by atoms with van der Waals surface area (Å²) in [7, 11) is 0. The van der Waals surface area contributed by atoms with Crippen molar-refractivity contribution < 1.29 is 9.63 Å². The summed E-state index contributed by atoms with van der Waals surface area (Å²) in [6, 6.07) is 3.21. The topological polar surface area (TPSA) is 87.3 Å². The molecule has 2 unspecified atom stereocenters. The van der Waals surface area contributed by atoms with Crippen molar-refractivity contribution in [2.24, 2.45) is 5.92 Å². The van der Waals surface area contributed by atoms with Crippen molar-refractivity contribution in [3.8, 4) is 11.5 Å². The molecule has 5 rings (SSSR count). The summed E-state index contributed by atoms with van der Waals surface area (Å²) in [5.41, 5.74) is 3.47. The van der Waals surface area contributed by atoms with Crippen LogP contribution in [0.4, 0.5) is 5.82 Å². The summed E-state index contributed by atoms with van der Waals surface area (Å²) in [4.78, 5) is 12.0. The number of fused-ring (bicyclic) bond motifs is 1. The Kier molecular flexibility index (Phi) is 6.23. The average molecular weight is 426 g/mol. The quantitative estimate of drug-likeness (QED) is 0.759. The van der Waals surface area contributed by atoms with Crippen LogP contribution in [0, 0.1) is 12.8 Å². The van der Waals surface area contributed by atoms with Crippen LogP contribution in [-0.4, -0.2) is 52.0 Å². The fourth-order valence-corrected chi connectivity index (χ4v) is 5.63. The van der Waals surface area contributed by atoms with E-state index in [4.69, 9.17) is 9.51 Å². The van der Waals surface area contributed by atoms with Crippen molar-refractivity contribution >= 4 is 5.82 Å². The van der Waals surface area contributed by atoms with Crippen LogP contribution in [0.1, 0.15) is 68.4 Å². The van der Waals surface area contributed by atoms with Gasteiger partial charge >= 0.3 is 0 Å². The Labute approximate surface area is 184 Å². The van der Waals surface area contributed by atoms with E-state index in [-0.39, 0.29) is 12.5 Å². The first-order valence-electron chi connectivity index (χ1n) is 12.2. The van der Waals surface area contributed by atoms with Gasteiger partial charge in [-0.3, -0.25) is 0 Å². The van der Waals surface area contributed by atoms with Crippen molar-refractivity contribution in [3.63, 3.8) is 0 Å². The Morgan fingerprint density at radius 3 is 2.71 bits per heavy atom. The monoisotopic (exact) mass is 425 g/mol. The lowest BCUT2D eigenvalue weighted by Gasteiger charge is -2.41. The van der Waals surface area contributed by atoms with Crippen molar-refractivity contribution in [1.29, 1.82) is 0 Å². The van der Waals surface area contributed by atoms with Crippen LogP contribution in [-0.2, 0) is 12.8 Å². The highest BCUT2D eigenvalue weighted by molar-refractivity contribution is 5.71. The Morgan fingerprint density at radius 1 is 1.10 bits per heavy atom. The van der Waals surface area contributed by atoms with E-state index in [2.05, 4.69) is 26.4 Å². The van der Waals surface area contributed by atoms with Gasteiger partial charge in [0.15, 0.2) is 5.82 Å². The van der Waals surface area contributed by atoms with Gasteiger partial charge in [0.2, 0.25) is 0 Å². The number of rotatable bonds is 5. The third-order valence-corrected chi connectivity index (χ3v) is 7.36. The lowest BCUT2D eigenvalue weighted by atomic mass is 9.88. The van der Waals surface area contributed by atoms with E-state index in [1.165, 1.54) is 56.2 Å². The van der Waals surface area contributed by atoms with Crippen LogP contribution in [0.25, 0.3) is 11.5 Å². The van der Waals surface area contributed by atoms with E-state index in [1.807, 2.05) is 6.92 Å². The largest absolute Gasteiger partial charge is 0.396 e. The van der Waals surface area contributed by atoms with Crippen molar-refractivity contribution in [2.45, 2.75) is 83.2 Å². The lowest BCUT2D eigenvalue weighted by Crippen LogP contribution is -2.53. The van der Waals surface area contributed by atoms with E-state index in [1.54, 1.807) is 0 Å². The fourth-order valence-electron chi connectivity index (χ4n) is 5.63. The molecule has 1 aliphatic heterocycles. The van der Waals surface area contributed by atoms with Crippen LogP contribution < -0.4 is 10.2 Å². The molecule has 168 valence electrons. The van der Waals surface area contributed by atoms with Gasteiger partial charge in [0.25, 0.3) is 5.89 Å². The summed E-state index contributed by atoms with van der Waals surface area (Å²) >= 11 is 0. The molecule has 0 radical (unpaired) electrons. The van der Waals surface area contributed by atoms with E-state index >= 15 is 0 Å². The Morgan fingerprint density at radius 2 is 1.94 bits per heavy atom. The number of hydrogen-bond acceptors (Lipinski definition) is 7. The van der Waals surface area contributed by atoms with E-state index in [0.29, 0.717) is 23.8 Å². The van der Waals surface area contributed by atoms with E-state index < -0.39 is 0 Å². The van der Waals surface area contributed by atoms with Crippen molar-refractivity contribution in [1.82, 2.24) is 20.4 Å². The molecule has 2 N–H and O–H groups in total. The summed E-state index contributed by atoms with van der Waals surface area (Å²) < 4.78 is 5.56. The predicted molar refractivity (Wildman–Crippen MR) is 120 cm³/mol. The molecule has 2 fully saturated rings. The smallest absolute Gasteiger partial charge is 0.261 e. The number of piperidine rings is 1. The number of nitrogens with zero attached hydrogens (tertiary/aromatic N) is 4. The molecule has 2 aliphatic carbocycles. The SMILES string of the molecule is Cc1noc(-c2cc3c(nc2N2CCC(NC4CCCCC4)C(CO)C2)CCCC3)n1. The minimum Gasteiger partial charge on any atom is -0.396 e. The number of aromatic nitrogens is 3. The first-order valence-corrected chi connectivity index (χ1v) is 12.2. The molecule has 2 aromatic rings. The second-order valence-electron chi connectivity index (χ2n) is 9.60. The molecule has 1 saturated heterocycles. The number of nitrogens with one attached hydrogen (secondary N) is 1. The van der Waals surface area contributed by atoms with E-state index in [9.17, 15) is 5.11 Å². The second kappa shape index (κ2) is 9.25. The van der Waals surface area contributed by atoms with Crippen LogP contribution >= 0.6 is 0 Å². The normalized spacial score (nSPS) is 24.9. The highest BCUT2D eigenvalue weighted by Gasteiger charge is 2.33. The van der Waals surface area contributed by atoms with E-state index in [0.717, 1.165) is 43.7 Å². The van der Waals surface area contributed by atoms with Crippen LogP contribution in [0.2, 0.25) is 0 Å². The van der Waals surface area contributed by atoms with Crippen LogP contribution in [0.15, 0.2) is 10.6 Å². The van der Waals surface area contributed by atoms with Gasteiger partial charge < -0.3 is 19.8 Å². The minimum absolute atomic E-state index is 0.195. The second-order valence-corrected chi connectivity index (χ2v) is 9.60. The molecule has 3 heterocycles. The summed E-state index contributed by atoms with van der Waals surface area (Å²) in [5, 5.41) is 18.1. The number of aliphatic hydroxyl groups excluding tert-OH is 1. The van der Waals surface area contributed by atoms with Gasteiger partial charge in [-0.1, -0.05) is 24.4 Å². The highest BCUT2D eigenvalue weighted by Crippen LogP contribution is 2.35. The van der Waals surface area contributed by atoms with Crippen LogP contribution in [0.5, 0.6) is 0 Å². The van der Waals surface area contributed by atoms with Gasteiger partial charge in [0, 0.05) is 43.4 Å². The standard InChI is InChI=1S/C24H35N5O2/c1-16-25-24(31-28-16)20-13-17-7-5-6-10-21(17)27-23(20)29-12-11-22(18(14-29)15-30)26-19-8-3-2-4-9-19/h13,18-19,22,26,30H,2-12,14-15H2,1H3. The molecule has 0 amide bonds. The third kappa shape index (κ3) is 4.48.